The molecule has 9 aromatic rings. The average Bonchev–Trinajstić information content (AvgIpc) is 3.52. The first-order valence-electron chi connectivity index (χ1n) is 15.4. The number of aromatic nitrogens is 2. The van der Waals surface area contributed by atoms with Gasteiger partial charge in [0.1, 0.15) is 5.69 Å². The molecule has 2 nitrogen and oxygen atoms in total. The molecule has 9 rings (SSSR count). The first kappa shape index (κ1) is 25.5. The van der Waals surface area contributed by atoms with E-state index in [4.69, 9.17) is 5.10 Å². The summed E-state index contributed by atoms with van der Waals surface area (Å²) >= 11 is 0. The number of benzene rings is 7. The lowest BCUT2D eigenvalue weighted by atomic mass is 9.93. The Balaban J connectivity index is 1.36. The molecule has 45 heavy (non-hydrogen) atoms. The summed E-state index contributed by atoms with van der Waals surface area (Å²) < 4.78 is 2.18. The summed E-state index contributed by atoms with van der Waals surface area (Å²) in [5.41, 5.74) is 10.1. The van der Waals surface area contributed by atoms with Crippen LogP contribution in [0, 0.1) is 0 Å². The van der Waals surface area contributed by atoms with Gasteiger partial charge >= 0.3 is 0 Å². The van der Waals surface area contributed by atoms with Gasteiger partial charge in [-0.15, -0.1) is 0 Å². The van der Waals surface area contributed by atoms with Gasteiger partial charge in [0.2, 0.25) is 0 Å². The zero-order chi connectivity index (χ0) is 29.7. The zero-order valence-corrected chi connectivity index (χ0v) is 24.6. The van der Waals surface area contributed by atoms with E-state index >= 15 is 0 Å². The van der Waals surface area contributed by atoms with Crippen molar-refractivity contribution in [3.05, 3.63) is 170 Å². The highest BCUT2D eigenvalue weighted by Crippen LogP contribution is 2.42. The van der Waals surface area contributed by atoms with Crippen molar-refractivity contribution < 1.29 is 0 Å². The Morgan fingerprint density at radius 2 is 1.02 bits per heavy atom. The molecular weight excluding hydrogens is 544 g/mol. The lowest BCUT2D eigenvalue weighted by Crippen LogP contribution is -1.96. The van der Waals surface area contributed by atoms with Crippen molar-refractivity contribution in [1.29, 1.82) is 0 Å². The molecule has 2 heterocycles. The van der Waals surface area contributed by atoms with Gasteiger partial charge in [0, 0.05) is 22.1 Å². The second-order valence-corrected chi connectivity index (χ2v) is 11.6. The molecule has 2 aromatic heterocycles. The highest BCUT2D eigenvalue weighted by atomic mass is 15.2. The Morgan fingerprint density at radius 3 is 1.89 bits per heavy atom. The maximum Gasteiger partial charge on any atom is 0.101 e. The largest absolute Gasteiger partial charge is 0.231 e. The van der Waals surface area contributed by atoms with Gasteiger partial charge in [0.25, 0.3) is 0 Å². The van der Waals surface area contributed by atoms with Gasteiger partial charge in [-0.05, 0) is 61.8 Å². The van der Waals surface area contributed by atoms with E-state index in [0.29, 0.717) is 0 Å². The molecule has 0 aliphatic rings. The molecule has 0 fully saturated rings. The maximum absolute atomic E-state index is 5.48. The van der Waals surface area contributed by atoms with E-state index in [1.807, 2.05) is 0 Å². The fourth-order valence-electron chi connectivity index (χ4n) is 6.83. The minimum atomic E-state index is 0.974. The number of hydrogen-bond acceptors (Lipinski definition) is 1. The van der Waals surface area contributed by atoms with Crippen molar-refractivity contribution in [3.8, 4) is 44.8 Å². The van der Waals surface area contributed by atoms with Crippen molar-refractivity contribution in [2.45, 2.75) is 0 Å². The van der Waals surface area contributed by atoms with E-state index in [0.717, 1.165) is 39.2 Å². The highest BCUT2D eigenvalue weighted by Gasteiger charge is 2.22. The first-order chi connectivity index (χ1) is 22.3. The third-order valence-electron chi connectivity index (χ3n) is 8.97. The van der Waals surface area contributed by atoms with E-state index in [9.17, 15) is 0 Å². The minimum absolute atomic E-state index is 0.974. The summed E-state index contributed by atoms with van der Waals surface area (Å²) in [7, 11) is 0. The molecule has 0 aliphatic heterocycles. The summed E-state index contributed by atoms with van der Waals surface area (Å²) in [6.45, 7) is 0. The quantitative estimate of drug-likeness (QED) is 0.205. The fraction of sp³-hybridized carbons (Fsp3) is 0. The van der Waals surface area contributed by atoms with Crippen molar-refractivity contribution in [2.24, 2.45) is 0 Å². The van der Waals surface area contributed by atoms with Gasteiger partial charge in [0.15, 0.2) is 0 Å². The molecule has 0 bridgehead atoms. The molecule has 0 N–H and O–H groups in total. The first-order valence-corrected chi connectivity index (χ1v) is 15.4. The molecule has 0 spiro atoms. The molecule has 0 radical (unpaired) electrons. The SMILES string of the molecule is c1ccc(-c2c(-c3cccc(-c4cccc5ccccc45)c3)nn3c(-c4ccc5ccccc5c4)cc4ccccc4c23)cc1. The molecule has 0 aliphatic carbocycles. The molecule has 0 saturated heterocycles. The number of hydrogen-bond donors (Lipinski definition) is 0. The van der Waals surface area contributed by atoms with Crippen LogP contribution in [-0.4, -0.2) is 9.61 Å². The van der Waals surface area contributed by atoms with Crippen molar-refractivity contribution in [3.63, 3.8) is 0 Å². The molecule has 210 valence electrons. The lowest BCUT2D eigenvalue weighted by molar-refractivity contribution is 0.980. The summed E-state index contributed by atoms with van der Waals surface area (Å²) in [4.78, 5) is 0. The van der Waals surface area contributed by atoms with Gasteiger partial charge in [-0.3, -0.25) is 0 Å². The maximum atomic E-state index is 5.48. The van der Waals surface area contributed by atoms with Crippen LogP contribution in [-0.2, 0) is 0 Å². The zero-order valence-electron chi connectivity index (χ0n) is 24.6. The molecular formula is C43H28N2. The summed E-state index contributed by atoms with van der Waals surface area (Å²) in [5.74, 6) is 0. The van der Waals surface area contributed by atoms with Crippen LogP contribution in [0.15, 0.2) is 170 Å². The van der Waals surface area contributed by atoms with Crippen LogP contribution < -0.4 is 0 Å². The summed E-state index contributed by atoms with van der Waals surface area (Å²) in [6, 6.07) is 60.9. The predicted octanol–water partition coefficient (Wildman–Crippen LogP) is 11.5. The van der Waals surface area contributed by atoms with Crippen LogP contribution in [0.5, 0.6) is 0 Å². The van der Waals surface area contributed by atoms with Crippen molar-refractivity contribution >= 4 is 37.8 Å². The second-order valence-electron chi connectivity index (χ2n) is 11.6. The molecule has 0 atom stereocenters. The average molecular weight is 573 g/mol. The molecule has 0 amide bonds. The van der Waals surface area contributed by atoms with Crippen LogP contribution in [0.1, 0.15) is 0 Å². The van der Waals surface area contributed by atoms with Crippen LogP contribution in [0.25, 0.3) is 82.6 Å². The molecule has 7 aromatic carbocycles. The fourth-order valence-corrected chi connectivity index (χ4v) is 6.83. The summed E-state index contributed by atoms with van der Waals surface area (Å²) in [6.07, 6.45) is 0. The Kier molecular flexibility index (Phi) is 5.85. The van der Waals surface area contributed by atoms with Crippen LogP contribution in [0.2, 0.25) is 0 Å². The number of rotatable bonds is 4. The van der Waals surface area contributed by atoms with E-state index in [1.54, 1.807) is 0 Å². The smallest absolute Gasteiger partial charge is 0.101 e. The van der Waals surface area contributed by atoms with E-state index < -0.39 is 0 Å². The van der Waals surface area contributed by atoms with Crippen LogP contribution in [0.3, 0.4) is 0 Å². The Morgan fingerprint density at radius 1 is 0.378 bits per heavy atom. The molecule has 0 saturated carbocycles. The summed E-state index contributed by atoms with van der Waals surface area (Å²) in [5, 5.41) is 12.8. The van der Waals surface area contributed by atoms with E-state index in [2.05, 4.69) is 174 Å². The Hall–Kier alpha value is -5.99. The van der Waals surface area contributed by atoms with Crippen molar-refractivity contribution in [1.82, 2.24) is 9.61 Å². The normalized spacial score (nSPS) is 11.6. The Bertz CT molecular complexity index is 2530. The Labute approximate surface area is 261 Å². The lowest BCUT2D eigenvalue weighted by Gasteiger charge is -2.11. The highest BCUT2D eigenvalue weighted by molar-refractivity contribution is 6.09. The van der Waals surface area contributed by atoms with E-state index in [1.165, 1.54) is 43.4 Å². The minimum Gasteiger partial charge on any atom is -0.231 e. The van der Waals surface area contributed by atoms with Gasteiger partial charge in [-0.25, -0.2) is 4.52 Å². The third kappa shape index (κ3) is 4.22. The van der Waals surface area contributed by atoms with Crippen LogP contribution in [0.4, 0.5) is 0 Å². The van der Waals surface area contributed by atoms with Gasteiger partial charge in [0.05, 0.1) is 11.2 Å². The molecule has 2 heteroatoms. The van der Waals surface area contributed by atoms with Gasteiger partial charge in [-0.2, -0.15) is 5.10 Å². The monoisotopic (exact) mass is 572 g/mol. The topological polar surface area (TPSA) is 17.3 Å². The number of pyridine rings is 1. The number of fused-ring (bicyclic) bond motifs is 5. The standard InChI is InChI=1S/C43H28N2/c1-2-14-31(15-3-1)41-42(36-20-10-19-33(27-36)38-23-11-18-30-13-6-8-21-37(30)38)44-45-40(28-34-17-7-9-22-39(34)43(41)45)35-25-24-29-12-4-5-16-32(29)26-35/h1-28H. The number of nitrogens with zero attached hydrogens (tertiary/aromatic N) is 2. The predicted molar refractivity (Wildman–Crippen MR) is 189 cm³/mol. The third-order valence-corrected chi connectivity index (χ3v) is 8.97. The molecule has 0 unspecified atom stereocenters. The van der Waals surface area contributed by atoms with E-state index in [-0.39, 0.29) is 0 Å². The van der Waals surface area contributed by atoms with Gasteiger partial charge in [-0.1, -0.05) is 152 Å². The van der Waals surface area contributed by atoms with Crippen LogP contribution >= 0.6 is 0 Å². The second kappa shape index (κ2) is 10.3. The van der Waals surface area contributed by atoms with Crippen molar-refractivity contribution in [2.75, 3.05) is 0 Å². The van der Waals surface area contributed by atoms with Gasteiger partial charge < -0.3 is 0 Å².